The van der Waals surface area contributed by atoms with Crippen molar-refractivity contribution in [3.63, 3.8) is 0 Å². The number of aliphatic carboxylic acids is 1. The molecule has 6 heteroatoms. The summed E-state index contributed by atoms with van der Waals surface area (Å²) in [6, 6.07) is -0.721. The molecule has 0 spiro atoms. The fraction of sp³-hybridized carbons (Fsp3) is 0.500. The SMILES string of the molecule is Cc1oncc1C(=O)N1CCCC1C(=O)O. The van der Waals surface area contributed by atoms with Crippen LogP contribution in [0.5, 0.6) is 0 Å². The summed E-state index contributed by atoms with van der Waals surface area (Å²) in [5, 5.41) is 12.5. The number of hydrogen-bond acceptors (Lipinski definition) is 4. The van der Waals surface area contributed by atoms with Gasteiger partial charge >= 0.3 is 5.97 Å². The van der Waals surface area contributed by atoms with Gasteiger partial charge in [-0.2, -0.15) is 0 Å². The van der Waals surface area contributed by atoms with Crippen LogP contribution in [0.25, 0.3) is 0 Å². The molecule has 0 saturated carbocycles. The molecular formula is C10H12N2O4. The molecule has 16 heavy (non-hydrogen) atoms. The molecule has 1 aliphatic rings. The first-order valence-electron chi connectivity index (χ1n) is 5.06. The van der Waals surface area contributed by atoms with Gasteiger partial charge in [-0.1, -0.05) is 5.16 Å². The van der Waals surface area contributed by atoms with Crippen molar-refractivity contribution >= 4 is 11.9 Å². The Morgan fingerprint density at radius 2 is 2.38 bits per heavy atom. The lowest BCUT2D eigenvalue weighted by molar-refractivity contribution is -0.141. The van der Waals surface area contributed by atoms with E-state index in [9.17, 15) is 9.59 Å². The largest absolute Gasteiger partial charge is 0.480 e. The quantitative estimate of drug-likeness (QED) is 0.798. The van der Waals surface area contributed by atoms with Crippen LogP contribution in [0.4, 0.5) is 0 Å². The standard InChI is InChI=1S/C10H12N2O4/c1-6-7(5-11-16-6)9(13)12-4-2-3-8(12)10(14)15/h5,8H,2-4H2,1H3,(H,14,15). The van der Waals surface area contributed by atoms with Gasteiger partial charge in [0.2, 0.25) is 0 Å². The number of nitrogens with zero attached hydrogens (tertiary/aromatic N) is 2. The van der Waals surface area contributed by atoms with Crippen molar-refractivity contribution < 1.29 is 19.2 Å². The van der Waals surface area contributed by atoms with Crippen LogP contribution in [0, 0.1) is 6.92 Å². The van der Waals surface area contributed by atoms with Crippen LogP contribution in [0.15, 0.2) is 10.7 Å². The van der Waals surface area contributed by atoms with E-state index < -0.39 is 12.0 Å². The van der Waals surface area contributed by atoms with Crippen LogP contribution < -0.4 is 0 Å². The zero-order chi connectivity index (χ0) is 11.7. The molecule has 1 unspecified atom stereocenters. The number of aryl methyl sites for hydroxylation is 1. The maximum Gasteiger partial charge on any atom is 0.326 e. The van der Waals surface area contributed by atoms with E-state index in [2.05, 4.69) is 5.16 Å². The molecule has 1 atom stereocenters. The maximum absolute atomic E-state index is 12.0. The second-order valence-electron chi connectivity index (χ2n) is 3.79. The molecule has 1 amide bonds. The predicted molar refractivity (Wildman–Crippen MR) is 52.9 cm³/mol. The van der Waals surface area contributed by atoms with E-state index in [4.69, 9.17) is 9.63 Å². The predicted octanol–water partition coefficient (Wildman–Crippen LogP) is 0.672. The Morgan fingerprint density at radius 1 is 1.62 bits per heavy atom. The Hall–Kier alpha value is -1.85. The summed E-state index contributed by atoms with van der Waals surface area (Å²) in [4.78, 5) is 24.3. The van der Waals surface area contributed by atoms with Crippen LogP contribution >= 0.6 is 0 Å². The first kappa shape index (κ1) is 10.7. The Kier molecular flexibility index (Phi) is 2.64. The lowest BCUT2D eigenvalue weighted by Gasteiger charge is -2.20. The Balaban J connectivity index is 2.22. The van der Waals surface area contributed by atoms with Crippen molar-refractivity contribution in [2.24, 2.45) is 0 Å². The fourth-order valence-corrected chi connectivity index (χ4v) is 1.93. The molecule has 1 aliphatic heterocycles. The van der Waals surface area contributed by atoms with E-state index in [0.29, 0.717) is 30.7 Å². The highest BCUT2D eigenvalue weighted by molar-refractivity contribution is 5.97. The third-order valence-electron chi connectivity index (χ3n) is 2.78. The number of carbonyl (C=O) groups excluding carboxylic acids is 1. The molecule has 2 rings (SSSR count). The molecule has 2 heterocycles. The van der Waals surface area contributed by atoms with Crippen molar-refractivity contribution in [3.05, 3.63) is 17.5 Å². The summed E-state index contributed by atoms with van der Waals surface area (Å²) in [6.07, 6.45) is 2.55. The Labute approximate surface area is 91.8 Å². The Bertz CT molecular complexity index is 426. The van der Waals surface area contributed by atoms with Crippen LogP contribution in [-0.4, -0.2) is 39.6 Å². The fourth-order valence-electron chi connectivity index (χ4n) is 1.93. The minimum atomic E-state index is -0.958. The number of carboxylic acids is 1. The highest BCUT2D eigenvalue weighted by Gasteiger charge is 2.35. The summed E-state index contributed by atoms with van der Waals surface area (Å²) in [7, 11) is 0. The molecule has 6 nitrogen and oxygen atoms in total. The van der Waals surface area contributed by atoms with Crippen molar-refractivity contribution in [3.8, 4) is 0 Å². The van der Waals surface area contributed by atoms with Crippen LogP contribution in [0.2, 0.25) is 0 Å². The molecule has 1 aromatic rings. The van der Waals surface area contributed by atoms with Gasteiger partial charge in [0.05, 0.1) is 6.20 Å². The topological polar surface area (TPSA) is 83.6 Å². The average molecular weight is 224 g/mol. The van der Waals surface area contributed by atoms with Crippen LogP contribution in [0.3, 0.4) is 0 Å². The number of rotatable bonds is 2. The van der Waals surface area contributed by atoms with Gasteiger partial charge in [0, 0.05) is 6.54 Å². The smallest absolute Gasteiger partial charge is 0.326 e. The second-order valence-corrected chi connectivity index (χ2v) is 3.79. The molecular weight excluding hydrogens is 212 g/mol. The zero-order valence-corrected chi connectivity index (χ0v) is 8.84. The van der Waals surface area contributed by atoms with E-state index >= 15 is 0 Å². The summed E-state index contributed by atoms with van der Waals surface area (Å²) in [6.45, 7) is 2.10. The van der Waals surface area contributed by atoms with Gasteiger partial charge in [-0.3, -0.25) is 4.79 Å². The highest BCUT2D eigenvalue weighted by atomic mass is 16.5. The summed E-state index contributed by atoms with van der Waals surface area (Å²) < 4.78 is 4.80. The van der Waals surface area contributed by atoms with E-state index in [0.717, 1.165) is 0 Å². The van der Waals surface area contributed by atoms with E-state index in [1.807, 2.05) is 0 Å². The molecule has 0 aromatic carbocycles. The Morgan fingerprint density at radius 3 is 2.94 bits per heavy atom. The second kappa shape index (κ2) is 3.96. The molecule has 0 aliphatic carbocycles. The third-order valence-corrected chi connectivity index (χ3v) is 2.78. The minimum Gasteiger partial charge on any atom is -0.480 e. The van der Waals surface area contributed by atoms with Gasteiger partial charge in [-0.15, -0.1) is 0 Å². The normalized spacial score (nSPS) is 20.1. The summed E-state index contributed by atoms with van der Waals surface area (Å²) in [5.41, 5.74) is 0.341. The van der Waals surface area contributed by atoms with Gasteiger partial charge < -0.3 is 14.5 Å². The summed E-state index contributed by atoms with van der Waals surface area (Å²) in [5.74, 6) is -0.857. The number of hydrogen-bond donors (Lipinski definition) is 1. The molecule has 1 saturated heterocycles. The van der Waals surface area contributed by atoms with Gasteiger partial charge in [0.15, 0.2) is 0 Å². The van der Waals surface area contributed by atoms with E-state index in [1.165, 1.54) is 11.1 Å². The molecule has 1 aromatic heterocycles. The number of aromatic nitrogens is 1. The first-order valence-corrected chi connectivity index (χ1v) is 5.06. The number of amides is 1. The monoisotopic (exact) mass is 224 g/mol. The van der Waals surface area contributed by atoms with Gasteiger partial charge in [0.25, 0.3) is 5.91 Å². The number of carboxylic acid groups (broad SMARTS) is 1. The molecule has 1 N–H and O–H groups in total. The van der Waals surface area contributed by atoms with Gasteiger partial charge in [0.1, 0.15) is 17.4 Å². The highest BCUT2D eigenvalue weighted by Crippen LogP contribution is 2.21. The van der Waals surface area contributed by atoms with Crippen molar-refractivity contribution in [2.75, 3.05) is 6.54 Å². The zero-order valence-electron chi connectivity index (χ0n) is 8.84. The lowest BCUT2D eigenvalue weighted by Crippen LogP contribution is -2.40. The first-order chi connectivity index (χ1) is 7.61. The molecule has 0 radical (unpaired) electrons. The van der Waals surface area contributed by atoms with Crippen molar-refractivity contribution in [2.45, 2.75) is 25.8 Å². The van der Waals surface area contributed by atoms with Gasteiger partial charge in [-0.05, 0) is 19.8 Å². The average Bonchev–Trinajstić information content (AvgIpc) is 2.84. The van der Waals surface area contributed by atoms with Crippen molar-refractivity contribution in [1.29, 1.82) is 0 Å². The molecule has 86 valence electrons. The van der Waals surface area contributed by atoms with E-state index in [-0.39, 0.29) is 5.91 Å². The number of carbonyl (C=O) groups is 2. The van der Waals surface area contributed by atoms with Crippen LogP contribution in [0.1, 0.15) is 29.0 Å². The maximum atomic E-state index is 12.0. The van der Waals surface area contributed by atoms with Crippen LogP contribution in [-0.2, 0) is 4.79 Å². The number of likely N-dealkylation sites (tertiary alicyclic amines) is 1. The van der Waals surface area contributed by atoms with Crippen molar-refractivity contribution in [1.82, 2.24) is 10.1 Å². The molecule has 1 fully saturated rings. The third kappa shape index (κ3) is 1.66. The van der Waals surface area contributed by atoms with E-state index in [1.54, 1.807) is 6.92 Å². The summed E-state index contributed by atoms with van der Waals surface area (Å²) >= 11 is 0. The minimum absolute atomic E-state index is 0.316. The van der Waals surface area contributed by atoms with Gasteiger partial charge in [-0.25, -0.2) is 4.79 Å². The lowest BCUT2D eigenvalue weighted by atomic mass is 10.2. The molecule has 0 bridgehead atoms.